The van der Waals surface area contributed by atoms with Gasteiger partial charge in [-0.1, -0.05) is 36.2 Å². The van der Waals surface area contributed by atoms with Crippen molar-refractivity contribution in [1.82, 2.24) is 25.5 Å². The number of para-hydroxylation sites is 1. The predicted octanol–water partition coefficient (Wildman–Crippen LogP) is 5.95. The zero-order valence-corrected chi connectivity index (χ0v) is 36.8. The number of hydrogen-bond acceptors (Lipinski definition) is 13. The summed E-state index contributed by atoms with van der Waals surface area (Å²) >= 11 is 6.45. The largest absolute Gasteiger partial charge is 0.494 e. The first-order valence-electron chi connectivity index (χ1n) is 20.8. The molecule has 6 amide bonds. The first kappa shape index (κ1) is 44.7. The number of hydrogen-bond donors (Lipinski definition) is 5. The molecule has 330 valence electrons. The standard InChI is InChI=1S/C44H49ClN9O8P/c1-62-34-24-27(16-17-30(34)50-44-46-25-29(45)40(52-44)49-31-11-7-8-13-35(31)63(2,3)61)53-22-20-26(21-23-53)47-36(55)14-5-4-6-15-37(56)48-32-12-9-10-28-39(32)43(60)54(42(28)59)33-18-19-38(57)51-41(33)58/h7-13,16-17,24-26,33H,4-6,14-15,18-23H2,1-3H3,(H,47,55)(H,48,56)(H,51,57,58)(H2,46,49,50,52). The molecule has 0 spiro atoms. The number of ether oxygens (including phenoxy) is 1. The average Bonchev–Trinajstić information content (AvgIpc) is 3.51. The summed E-state index contributed by atoms with van der Waals surface area (Å²) in [5.41, 5.74) is 2.56. The van der Waals surface area contributed by atoms with Crippen LogP contribution in [0.25, 0.3) is 0 Å². The Bertz CT molecular complexity index is 2510. The van der Waals surface area contributed by atoms with Crippen molar-refractivity contribution in [2.75, 3.05) is 54.4 Å². The highest BCUT2D eigenvalue weighted by atomic mass is 35.5. The lowest BCUT2D eigenvalue weighted by Crippen LogP contribution is -2.54. The minimum absolute atomic E-state index is 0.00913. The van der Waals surface area contributed by atoms with Crippen LogP contribution in [0, 0.1) is 0 Å². The molecule has 4 heterocycles. The highest BCUT2D eigenvalue weighted by Gasteiger charge is 2.45. The molecule has 3 aliphatic heterocycles. The Hall–Kier alpha value is -6.32. The summed E-state index contributed by atoms with van der Waals surface area (Å²) in [5.74, 6) is -1.65. The second kappa shape index (κ2) is 19.4. The molecule has 0 saturated carbocycles. The summed E-state index contributed by atoms with van der Waals surface area (Å²) in [5, 5.41) is 15.5. The number of piperidine rings is 2. The Kier molecular flexibility index (Phi) is 13.8. The maximum absolute atomic E-state index is 13.3. The van der Waals surface area contributed by atoms with E-state index in [9.17, 15) is 33.3 Å². The fourth-order valence-electron chi connectivity index (χ4n) is 7.95. The number of fused-ring (bicyclic) bond motifs is 1. The van der Waals surface area contributed by atoms with Gasteiger partial charge in [-0.15, -0.1) is 0 Å². The molecule has 1 unspecified atom stereocenters. The van der Waals surface area contributed by atoms with Gasteiger partial charge in [0.05, 0.1) is 41.5 Å². The van der Waals surface area contributed by atoms with Crippen LogP contribution in [0.1, 0.15) is 78.5 Å². The topological polar surface area (TPSA) is 221 Å². The average molecular weight is 898 g/mol. The van der Waals surface area contributed by atoms with Crippen LogP contribution >= 0.6 is 18.7 Å². The SMILES string of the molecule is COc1cc(N2CCC(NC(=O)CCCCCC(=O)Nc3cccc4c3C(=O)N(C3CCC(=O)NC3=O)C4=O)CC2)ccc1Nc1ncc(Cl)c(Nc2ccccc2P(C)(C)=O)n1. The molecule has 0 bridgehead atoms. The molecule has 17 nitrogen and oxygen atoms in total. The van der Waals surface area contributed by atoms with Crippen LogP contribution in [-0.4, -0.2) is 95.9 Å². The smallest absolute Gasteiger partial charge is 0.264 e. The molecule has 0 aliphatic carbocycles. The second-order valence-electron chi connectivity index (χ2n) is 16.0. The third kappa shape index (κ3) is 10.5. The van der Waals surface area contributed by atoms with Gasteiger partial charge in [0.1, 0.15) is 24.0 Å². The second-order valence-corrected chi connectivity index (χ2v) is 19.6. The highest BCUT2D eigenvalue weighted by molar-refractivity contribution is 7.70. The molecule has 5 N–H and O–H groups in total. The molecule has 4 aromatic rings. The van der Waals surface area contributed by atoms with Crippen molar-refractivity contribution in [3.05, 3.63) is 83.0 Å². The Morgan fingerprint density at radius 2 is 1.60 bits per heavy atom. The number of carbonyl (C=O) groups excluding carboxylic acids is 6. The number of methoxy groups -OCH3 is 1. The van der Waals surface area contributed by atoms with E-state index in [0.29, 0.717) is 59.0 Å². The molecule has 2 saturated heterocycles. The molecule has 3 aromatic carbocycles. The predicted molar refractivity (Wildman–Crippen MR) is 240 cm³/mol. The highest BCUT2D eigenvalue weighted by Crippen LogP contribution is 2.39. The minimum Gasteiger partial charge on any atom is -0.494 e. The molecule has 63 heavy (non-hydrogen) atoms. The Labute approximate surface area is 369 Å². The first-order chi connectivity index (χ1) is 30.2. The summed E-state index contributed by atoms with van der Waals surface area (Å²) in [7, 11) is -0.988. The fourth-order valence-corrected chi connectivity index (χ4v) is 9.25. The molecule has 7 rings (SSSR count). The van der Waals surface area contributed by atoms with Crippen LogP contribution in [-0.2, 0) is 23.7 Å². The molecule has 1 aromatic heterocycles. The van der Waals surface area contributed by atoms with Crippen LogP contribution in [0.2, 0.25) is 5.02 Å². The van der Waals surface area contributed by atoms with E-state index in [0.717, 1.165) is 36.5 Å². The lowest BCUT2D eigenvalue weighted by atomic mass is 10.0. The molecule has 3 aliphatic rings. The Balaban J connectivity index is 0.833. The van der Waals surface area contributed by atoms with Gasteiger partial charge in [-0.25, -0.2) is 4.98 Å². The van der Waals surface area contributed by atoms with Crippen LogP contribution in [0.5, 0.6) is 5.75 Å². The number of carbonyl (C=O) groups is 6. The van der Waals surface area contributed by atoms with E-state index in [1.54, 1.807) is 26.5 Å². The third-order valence-electron chi connectivity index (χ3n) is 11.2. The lowest BCUT2D eigenvalue weighted by molar-refractivity contribution is -0.136. The summed E-state index contributed by atoms with van der Waals surface area (Å²) < 4.78 is 18.6. The van der Waals surface area contributed by atoms with Crippen LogP contribution in [0.3, 0.4) is 0 Å². The maximum Gasteiger partial charge on any atom is 0.264 e. The van der Waals surface area contributed by atoms with Gasteiger partial charge >= 0.3 is 0 Å². The molecule has 0 radical (unpaired) electrons. The van der Waals surface area contributed by atoms with E-state index in [-0.39, 0.29) is 59.9 Å². The number of aromatic nitrogens is 2. The van der Waals surface area contributed by atoms with Gasteiger partial charge in [0, 0.05) is 55.5 Å². The van der Waals surface area contributed by atoms with E-state index in [4.69, 9.17) is 16.3 Å². The number of imide groups is 2. The minimum atomic E-state index is -2.58. The molecule has 19 heteroatoms. The van der Waals surface area contributed by atoms with Crippen LogP contribution < -0.4 is 41.5 Å². The number of halogens is 1. The van der Waals surface area contributed by atoms with Gasteiger partial charge in [0.2, 0.25) is 29.6 Å². The van der Waals surface area contributed by atoms with Crippen molar-refractivity contribution in [3.8, 4) is 5.75 Å². The number of nitrogens with zero attached hydrogens (tertiary/aromatic N) is 4. The molecule has 1 atom stereocenters. The van der Waals surface area contributed by atoms with E-state index in [2.05, 4.69) is 41.5 Å². The Morgan fingerprint density at radius 3 is 2.33 bits per heavy atom. The fraction of sp³-hybridized carbons (Fsp3) is 0.364. The van der Waals surface area contributed by atoms with E-state index in [1.165, 1.54) is 18.3 Å². The quantitative estimate of drug-likeness (QED) is 0.0499. The molecule has 2 fully saturated rings. The summed E-state index contributed by atoms with van der Waals surface area (Å²) in [6, 6.07) is 16.6. The van der Waals surface area contributed by atoms with Gasteiger partial charge in [-0.2, -0.15) is 4.98 Å². The van der Waals surface area contributed by atoms with Crippen LogP contribution in [0.15, 0.2) is 66.9 Å². The summed E-state index contributed by atoms with van der Waals surface area (Å²) in [4.78, 5) is 88.1. The Morgan fingerprint density at radius 1 is 0.873 bits per heavy atom. The number of nitrogens with one attached hydrogen (secondary N) is 5. The van der Waals surface area contributed by atoms with Gasteiger partial charge in [0.25, 0.3) is 11.8 Å². The van der Waals surface area contributed by atoms with E-state index < -0.39 is 36.8 Å². The third-order valence-corrected chi connectivity index (χ3v) is 13.0. The molecular weight excluding hydrogens is 849 g/mol. The monoisotopic (exact) mass is 897 g/mol. The van der Waals surface area contributed by atoms with Crippen molar-refractivity contribution in [2.45, 2.75) is 69.9 Å². The summed E-state index contributed by atoms with van der Waals surface area (Å²) in [6.07, 6.45) is 5.29. The lowest BCUT2D eigenvalue weighted by Gasteiger charge is -2.34. The number of benzene rings is 3. The normalized spacial score (nSPS) is 16.7. The zero-order chi connectivity index (χ0) is 44.8. The van der Waals surface area contributed by atoms with Gasteiger partial charge < -0.3 is 35.5 Å². The van der Waals surface area contributed by atoms with Gasteiger partial charge in [-0.3, -0.25) is 39.0 Å². The zero-order valence-electron chi connectivity index (χ0n) is 35.2. The number of rotatable bonds is 16. The van der Waals surface area contributed by atoms with Crippen molar-refractivity contribution >= 4 is 94.0 Å². The van der Waals surface area contributed by atoms with Crippen molar-refractivity contribution in [2.24, 2.45) is 0 Å². The summed E-state index contributed by atoms with van der Waals surface area (Å²) in [6.45, 7) is 4.88. The number of anilines is 6. The van der Waals surface area contributed by atoms with Gasteiger partial charge in [-0.05, 0) is 81.8 Å². The van der Waals surface area contributed by atoms with Crippen molar-refractivity contribution in [1.29, 1.82) is 0 Å². The van der Waals surface area contributed by atoms with Gasteiger partial charge in [0.15, 0.2) is 5.82 Å². The first-order valence-corrected chi connectivity index (χ1v) is 23.8. The van der Waals surface area contributed by atoms with E-state index in [1.807, 2.05) is 42.5 Å². The number of unbranched alkanes of at least 4 members (excludes halogenated alkanes) is 2. The molecular formula is C44H49ClN9O8P. The maximum atomic E-state index is 13.3. The van der Waals surface area contributed by atoms with Crippen molar-refractivity contribution in [3.63, 3.8) is 0 Å². The van der Waals surface area contributed by atoms with Crippen LogP contribution in [0.4, 0.5) is 34.5 Å². The van der Waals surface area contributed by atoms with Crippen molar-refractivity contribution < 1.29 is 38.1 Å². The number of amides is 6. The van der Waals surface area contributed by atoms with E-state index >= 15 is 0 Å².